The van der Waals surface area contributed by atoms with Gasteiger partial charge >= 0.3 is 0 Å². The van der Waals surface area contributed by atoms with Gasteiger partial charge in [-0.05, 0) is 62.1 Å². The Balaban J connectivity index is 2.32. The summed E-state index contributed by atoms with van der Waals surface area (Å²) in [7, 11) is 0. The van der Waals surface area contributed by atoms with Gasteiger partial charge in [-0.3, -0.25) is 0 Å². The van der Waals surface area contributed by atoms with Crippen LogP contribution in [0.2, 0.25) is 0 Å². The summed E-state index contributed by atoms with van der Waals surface area (Å²) < 4.78 is 0. The van der Waals surface area contributed by atoms with E-state index in [1.807, 2.05) is 11.8 Å². The second-order valence-electron chi connectivity index (χ2n) is 6.32. The molecule has 0 heterocycles. The van der Waals surface area contributed by atoms with Crippen LogP contribution < -0.4 is 5.32 Å². The number of aliphatic hydroxyl groups excluding tert-OH is 1. The van der Waals surface area contributed by atoms with Crippen LogP contribution >= 0.6 is 11.8 Å². The molecule has 0 radical (unpaired) electrons. The molecule has 0 aliphatic heterocycles. The Hall–Kier alpha value is -0.510. The number of aliphatic hydroxyl groups is 1. The lowest BCUT2D eigenvalue weighted by Crippen LogP contribution is -2.46. The predicted octanol–water partition coefficient (Wildman–Crippen LogP) is 4.43. The van der Waals surface area contributed by atoms with Crippen molar-refractivity contribution in [3.63, 3.8) is 0 Å². The summed E-state index contributed by atoms with van der Waals surface area (Å²) in [6.07, 6.45) is 3.23. The van der Waals surface area contributed by atoms with Gasteiger partial charge in [0.15, 0.2) is 0 Å². The number of rotatable bonds is 10. The van der Waals surface area contributed by atoms with E-state index in [0.717, 1.165) is 31.6 Å². The van der Waals surface area contributed by atoms with Crippen LogP contribution in [0.5, 0.6) is 0 Å². The Bertz CT molecular complexity index is 391. The number of benzene rings is 1. The first-order valence-corrected chi connectivity index (χ1v) is 9.08. The SMILES string of the molecule is CCCNC(C)(CO)CCCSc1ccc(C(C)C)cc1. The molecule has 0 saturated heterocycles. The molecule has 0 amide bonds. The van der Waals surface area contributed by atoms with Crippen molar-refractivity contribution >= 4 is 11.8 Å². The lowest BCUT2D eigenvalue weighted by molar-refractivity contribution is 0.165. The molecule has 0 spiro atoms. The van der Waals surface area contributed by atoms with E-state index in [0.29, 0.717) is 5.92 Å². The van der Waals surface area contributed by atoms with Gasteiger partial charge in [-0.1, -0.05) is 32.9 Å². The minimum Gasteiger partial charge on any atom is -0.394 e. The largest absolute Gasteiger partial charge is 0.394 e. The summed E-state index contributed by atoms with van der Waals surface area (Å²) >= 11 is 1.91. The van der Waals surface area contributed by atoms with Crippen LogP contribution in [0.1, 0.15) is 58.4 Å². The molecule has 0 aliphatic rings. The van der Waals surface area contributed by atoms with E-state index >= 15 is 0 Å². The third-order valence-corrected chi connectivity index (χ3v) is 4.94. The zero-order valence-corrected chi connectivity index (χ0v) is 14.8. The number of hydrogen-bond acceptors (Lipinski definition) is 3. The predicted molar refractivity (Wildman–Crippen MR) is 94.3 cm³/mol. The molecule has 3 heteroatoms. The highest BCUT2D eigenvalue weighted by atomic mass is 32.2. The van der Waals surface area contributed by atoms with E-state index in [2.05, 4.69) is 57.3 Å². The van der Waals surface area contributed by atoms with Crippen LogP contribution in [-0.4, -0.2) is 29.5 Å². The molecule has 0 aromatic heterocycles. The highest BCUT2D eigenvalue weighted by Crippen LogP contribution is 2.24. The van der Waals surface area contributed by atoms with Crippen LogP contribution in [-0.2, 0) is 0 Å². The van der Waals surface area contributed by atoms with Crippen molar-refractivity contribution in [1.29, 1.82) is 0 Å². The average molecular weight is 310 g/mol. The fourth-order valence-electron chi connectivity index (χ4n) is 2.25. The summed E-state index contributed by atoms with van der Waals surface area (Å²) in [6.45, 7) is 9.90. The second kappa shape index (κ2) is 9.50. The van der Waals surface area contributed by atoms with Gasteiger partial charge in [-0.25, -0.2) is 0 Å². The van der Waals surface area contributed by atoms with Crippen molar-refractivity contribution in [3.05, 3.63) is 29.8 Å². The van der Waals surface area contributed by atoms with Gasteiger partial charge in [0.2, 0.25) is 0 Å². The smallest absolute Gasteiger partial charge is 0.0610 e. The molecule has 21 heavy (non-hydrogen) atoms. The van der Waals surface area contributed by atoms with E-state index in [9.17, 15) is 5.11 Å². The maximum absolute atomic E-state index is 9.54. The molecular formula is C18H31NOS. The minimum atomic E-state index is -0.127. The first-order valence-electron chi connectivity index (χ1n) is 8.09. The number of thioether (sulfide) groups is 1. The molecule has 1 aromatic carbocycles. The molecule has 0 bridgehead atoms. The summed E-state index contributed by atoms with van der Waals surface area (Å²) in [5.74, 6) is 1.70. The number of nitrogens with one attached hydrogen (secondary N) is 1. The molecule has 1 unspecified atom stereocenters. The summed E-state index contributed by atoms with van der Waals surface area (Å²) in [5.41, 5.74) is 1.27. The van der Waals surface area contributed by atoms with Crippen molar-refractivity contribution in [1.82, 2.24) is 5.32 Å². The molecule has 1 aromatic rings. The minimum absolute atomic E-state index is 0.127. The molecule has 2 nitrogen and oxygen atoms in total. The second-order valence-corrected chi connectivity index (χ2v) is 7.49. The standard InChI is InChI=1S/C18H31NOS/c1-5-12-19-18(4,14-20)11-6-13-21-17-9-7-16(8-10-17)15(2)3/h7-10,15,19-20H,5-6,11-14H2,1-4H3. The average Bonchev–Trinajstić information content (AvgIpc) is 2.50. The van der Waals surface area contributed by atoms with E-state index in [1.165, 1.54) is 10.5 Å². The highest BCUT2D eigenvalue weighted by molar-refractivity contribution is 7.99. The lowest BCUT2D eigenvalue weighted by atomic mass is 9.97. The Morgan fingerprint density at radius 3 is 2.43 bits per heavy atom. The Kier molecular flexibility index (Phi) is 8.38. The summed E-state index contributed by atoms with van der Waals surface area (Å²) in [4.78, 5) is 1.34. The molecule has 1 rings (SSSR count). The summed E-state index contributed by atoms with van der Waals surface area (Å²) in [6, 6.07) is 8.91. The third kappa shape index (κ3) is 6.86. The van der Waals surface area contributed by atoms with E-state index in [-0.39, 0.29) is 12.1 Å². The fourth-order valence-corrected chi connectivity index (χ4v) is 3.10. The molecule has 2 N–H and O–H groups in total. The van der Waals surface area contributed by atoms with Crippen molar-refractivity contribution in [2.75, 3.05) is 18.9 Å². The van der Waals surface area contributed by atoms with Gasteiger partial charge in [0.05, 0.1) is 6.61 Å². The van der Waals surface area contributed by atoms with Gasteiger partial charge in [0.1, 0.15) is 0 Å². The normalized spacial score (nSPS) is 14.4. The maximum atomic E-state index is 9.54. The Morgan fingerprint density at radius 1 is 1.24 bits per heavy atom. The van der Waals surface area contributed by atoms with Crippen molar-refractivity contribution in [2.45, 2.75) is 63.3 Å². The molecule has 120 valence electrons. The molecule has 0 aliphatic carbocycles. The number of hydrogen-bond donors (Lipinski definition) is 2. The highest BCUT2D eigenvalue weighted by Gasteiger charge is 2.21. The zero-order valence-electron chi connectivity index (χ0n) is 14.0. The van der Waals surface area contributed by atoms with Gasteiger partial charge in [-0.2, -0.15) is 0 Å². The van der Waals surface area contributed by atoms with Crippen LogP contribution in [0.3, 0.4) is 0 Å². The van der Waals surface area contributed by atoms with Crippen LogP contribution in [0.15, 0.2) is 29.2 Å². The third-order valence-electron chi connectivity index (χ3n) is 3.84. The lowest BCUT2D eigenvalue weighted by Gasteiger charge is -2.28. The van der Waals surface area contributed by atoms with Gasteiger partial charge < -0.3 is 10.4 Å². The topological polar surface area (TPSA) is 32.3 Å². The Labute approximate surface area is 134 Å². The molecule has 0 saturated carbocycles. The van der Waals surface area contributed by atoms with Crippen molar-refractivity contribution < 1.29 is 5.11 Å². The van der Waals surface area contributed by atoms with Crippen LogP contribution in [0, 0.1) is 0 Å². The van der Waals surface area contributed by atoms with Crippen LogP contribution in [0.4, 0.5) is 0 Å². The molecular weight excluding hydrogens is 278 g/mol. The monoisotopic (exact) mass is 309 g/mol. The molecule has 0 fully saturated rings. The van der Waals surface area contributed by atoms with Gasteiger partial charge in [0.25, 0.3) is 0 Å². The fraction of sp³-hybridized carbons (Fsp3) is 0.667. The van der Waals surface area contributed by atoms with E-state index in [1.54, 1.807) is 0 Å². The molecule has 1 atom stereocenters. The van der Waals surface area contributed by atoms with Crippen molar-refractivity contribution in [3.8, 4) is 0 Å². The Morgan fingerprint density at radius 2 is 1.90 bits per heavy atom. The quantitative estimate of drug-likeness (QED) is 0.495. The maximum Gasteiger partial charge on any atom is 0.0610 e. The van der Waals surface area contributed by atoms with Crippen molar-refractivity contribution in [2.24, 2.45) is 0 Å². The first-order chi connectivity index (χ1) is 10.0. The summed E-state index contributed by atoms with van der Waals surface area (Å²) in [5, 5.41) is 13.0. The van der Waals surface area contributed by atoms with E-state index < -0.39 is 0 Å². The van der Waals surface area contributed by atoms with Gasteiger partial charge in [-0.15, -0.1) is 11.8 Å². The first kappa shape index (κ1) is 18.5. The van der Waals surface area contributed by atoms with E-state index in [4.69, 9.17) is 0 Å². The van der Waals surface area contributed by atoms with Gasteiger partial charge in [0, 0.05) is 10.4 Å². The zero-order chi connectivity index (χ0) is 15.7. The van der Waals surface area contributed by atoms with Crippen LogP contribution in [0.25, 0.3) is 0 Å².